The molecule has 6 heteroatoms. The fourth-order valence-electron chi connectivity index (χ4n) is 1.75. The average molecular weight is 307 g/mol. The van der Waals surface area contributed by atoms with E-state index in [9.17, 15) is 13.6 Å². The number of hydrogen-bond acceptors (Lipinski definition) is 2. The Hall–Kier alpha value is -1.20. The van der Waals surface area contributed by atoms with Crippen LogP contribution in [0.5, 0.6) is 0 Å². The van der Waals surface area contributed by atoms with Gasteiger partial charge in [0, 0.05) is 5.56 Å². The van der Waals surface area contributed by atoms with Gasteiger partial charge >= 0.3 is 0 Å². The van der Waals surface area contributed by atoms with Crippen molar-refractivity contribution in [1.29, 1.82) is 0 Å². The van der Waals surface area contributed by atoms with Gasteiger partial charge in [0.25, 0.3) is 0 Å². The van der Waals surface area contributed by atoms with Gasteiger partial charge in [0.05, 0.1) is 12.1 Å². The van der Waals surface area contributed by atoms with Crippen LogP contribution in [0.1, 0.15) is 38.8 Å². The summed E-state index contributed by atoms with van der Waals surface area (Å²) in [6, 6.07) is 2.61. The van der Waals surface area contributed by atoms with Crippen LogP contribution < -0.4 is 11.1 Å². The number of carbonyl (C=O) groups is 1. The van der Waals surface area contributed by atoms with Crippen molar-refractivity contribution in [2.45, 2.75) is 39.3 Å². The Morgan fingerprint density at radius 3 is 2.50 bits per heavy atom. The van der Waals surface area contributed by atoms with Crippen LogP contribution >= 0.6 is 12.4 Å². The van der Waals surface area contributed by atoms with E-state index >= 15 is 0 Å². The molecule has 0 aliphatic rings. The molecule has 3 atom stereocenters. The first-order valence-corrected chi connectivity index (χ1v) is 6.38. The van der Waals surface area contributed by atoms with Gasteiger partial charge in [-0.15, -0.1) is 12.4 Å². The molecule has 0 radical (unpaired) electrons. The first kappa shape index (κ1) is 18.8. The van der Waals surface area contributed by atoms with Crippen molar-refractivity contribution in [3.05, 3.63) is 35.4 Å². The minimum Gasteiger partial charge on any atom is -0.348 e. The highest BCUT2D eigenvalue weighted by atomic mass is 35.5. The Bertz CT molecular complexity index is 457. The molecule has 0 aliphatic heterocycles. The predicted octanol–water partition coefficient (Wildman–Crippen LogP) is 2.94. The van der Waals surface area contributed by atoms with Gasteiger partial charge in [-0.2, -0.15) is 0 Å². The van der Waals surface area contributed by atoms with Crippen LogP contribution in [0, 0.1) is 17.6 Å². The van der Waals surface area contributed by atoms with Gasteiger partial charge in [0.2, 0.25) is 5.91 Å². The SMILES string of the molecule is CCC(C)C(N)C(=O)NC(C)c1cccc(F)c1F.Cl. The molecule has 3 N–H and O–H groups in total. The van der Waals surface area contributed by atoms with E-state index in [0.29, 0.717) is 0 Å². The highest BCUT2D eigenvalue weighted by Gasteiger charge is 2.22. The largest absolute Gasteiger partial charge is 0.348 e. The van der Waals surface area contributed by atoms with Gasteiger partial charge in [-0.3, -0.25) is 4.79 Å². The maximum atomic E-state index is 13.6. The van der Waals surface area contributed by atoms with Crippen molar-refractivity contribution in [3.63, 3.8) is 0 Å². The Labute approximate surface area is 124 Å². The lowest BCUT2D eigenvalue weighted by molar-refractivity contribution is -0.124. The molecule has 0 fully saturated rings. The molecule has 0 aliphatic carbocycles. The van der Waals surface area contributed by atoms with Gasteiger partial charge in [0.15, 0.2) is 11.6 Å². The zero-order valence-corrected chi connectivity index (χ0v) is 12.6. The van der Waals surface area contributed by atoms with Crippen molar-refractivity contribution in [2.24, 2.45) is 11.7 Å². The van der Waals surface area contributed by atoms with Crippen molar-refractivity contribution in [1.82, 2.24) is 5.32 Å². The molecular formula is C14H21ClF2N2O. The number of hydrogen-bond donors (Lipinski definition) is 2. The van der Waals surface area contributed by atoms with Crippen LogP contribution in [-0.4, -0.2) is 11.9 Å². The second kappa shape index (κ2) is 8.17. The summed E-state index contributed by atoms with van der Waals surface area (Å²) in [6.45, 7) is 5.41. The van der Waals surface area contributed by atoms with Gasteiger partial charge in [-0.25, -0.2) is 8.78 Å². The molecule has 1 amide bonds. The number of benzene rings is 1. The smallest absolute Gasteiger partial charge is 0.237 e. The molecule has 0 heterocycles. The monoisotopic (exact) mass is 306 g/mol. The fourth-order valence-corrected chi connectivity index (χ4v) is 1.75. The van der Waals surface area contributed by atoms with Gasteiger partial charge in [0.1, 0.15) is 0 Å². The lowest BCUT2D eigenvalue weighted by atomic mass is 9.98. The zero-order chi connectivity index (χ0) is 14.6. The molecule has 114 valence electrons. The summed E-state index contributed by atoms with van der Waals surface area (Å²) in [7, 11) is 0. The zero-order valence-electron chi connectivity index (χ0n) is 11.8. The normalized spacial score (nSPS) is 14.9. The molecule has 0 saturated heterocycles. The lowest BCUT2D eigenvalue weighted by Crippen LogP contribution is -2.45. The molecule has 3 unspecified atom stereocenters. The molecule has 1 rings (SSSR count). The Balaban J connectivity index is 0.00000361. The molecule has 0 bridgehead atoms. The summed E-state index contributed by atoms with van der Waals surface area (Å²) >= 11 is 0. The fraction of sp³-hybridized carbons (Fsp3) is 0.500. The molecule has 0 spiro atoms. The lowest BCUT2D eigenvalue weighted by Gasteiger charge is -2.21. The second-order valence-electron chi connectivity index (χ2n) is 4.78. The van der Waals surface area contributed by atoms with Crippen molar-refractivity contribution >= 4 is 18.3 Å². The number of nitrogens with one attached hydrogen (secondary N) is 1. The molecule has 1 aromatic carbocycles. The third-order valence-corrected chi connectivity index (χ3v) is 3.37. The first-order valence-electron chi connectivity index (χ1n) is 6.38. The van der Waals surface area contributed by atoms with E-state index in [-0.39, 0.29) is 29.8 Å². The van der Waals surface area contributed by atoms with E-state index in [0.717, 1.165) is 12.5 Å². The van der Waals surface area contributed by atoms with E-state index in [2.05, 4.69) is 5.32 Å². The van der Waals surface area contributed by atoms with Gasteiger partial charge in [-0.05, 0) is 18.9 Å². The van der Waals surface area contributed by atoms with E-state index in [4.69, 9.17) is 5.73 Å². The Morgan fingerprint density at radius 2 is 1.95 bits per heavy atom. The van der Waals surface area contributed by atoms with Crippen LogP contribution in [0.2, 0.25) is 0 Å². The summed E-state index contributed by atoms with van der Waals surface area (Å²) in [6.07, 6.45) is 0.775. The highest BCUT2D eigenvalue weighted by molar-refractivity contribution is 5.85. The summed E-state index contributed by atoms with van der Waals surface area (Å²) in [5, 5.41) is 2.61. The number of carbonyl (C=O) groups excluding carboxylic acids is 1. The van der Waals surface area contributed by atoms with Crippen molar-refractivity contribution < 1.29 is 13.6 Å². The molecule has 3 nitrogen and oxygen atoms in total. The maximum Gasteiger partial charge on any atom is 0.237 e. The van der Waals surface area contributed by atoms with Crippen LogP contribution in [0.25, 0.3) is 0 Å². The minimum absolute atomic E-state index is 0. The van der Waals surface area contributed by atoms with Crippen LogP contribution in [0.4, 0.5) is 8.78 Å². The molecule has 0 saturated carbocycles. The average Bonchev–Trinajstić information content (AvgIpc) is 2.39. The highest BCUT2D eigenvalue weighted by Crippen LogP contribution is 2.19. The predicted molar refractivity (Wildman–Crippen MR) is 77.6 cm³/mol. The van der Waals surface area contributed by atoms with Crippen LogP contribution in [0.3, 0.4) is 0 Å². The molecule has 20 heavy (non-hydrogen) atoms. The summed E-state index contributed by atoms with van der Waals surface area (Å²) in [5.74, 6) is -2.19. The van der Waals surface area contributed by atoms with Crippen LogP contribution in [-0.2, 0) is 4.79 Å². The van der Waals surface area contributed by atoms with Gasteiger partial charge in [-0.1, -0.05) is 32.4 Å². The summed E-state index contributed by atoms with van der Waals surface area (Å²) in [5.41, 5.74) is 5.90. The third-order valence-electron chi connectivity index (χ3n) is 3.37. The Morgan fingerprint density at radius 1 is 1.35 bits per heavy atom. The maximum absolute atomic E-state index is 13.6. The topological polar surface area (TPSA) is 55.1 Å². The quantitative estimate of drug-likeness (QED) is 0.879. The van der Waals surface area contributed by atoms with E-state index in [1.165, 1.54) is 12.1 Å². The number of rotatable bonds is 5. The molecule has 0 aromatic heterocycles. The second-order valence-corrected chi connectivity index (χ2v) is 4.78. The van der Waals surface area contributed by atoms with Crippen molar-refractivity contribution in [2.75, 3.05) is 0 Å². The van der Waals surface area contributed by atoms with Crippen molar-refractivity contribution in [3.8, 4) is 0 Å². The number of amides is 1. The Kier molecular flexibility index (Phi) is 7.68. The minimum atomic E-state index is -0.938. The van der Waals surface area contributed by atoms with E-state index in [1.807, 2.05) is 13.8 Å². The molecular weight excluding hydrogens is 286 g/mol. The van der Waals surface area contributed by atoms with Gasteiger partial charge < -0.3 is 11.1 Å². The van der Waals surface area contributed by atoms with E-state index in [1.54, 1.807) is 6.92 Å². The number of halogens is 3. The summed E-state index contributed by atoms with van der Waals surface area (Å²) in [4.78, 5) is 11.9. The van der Waals surface area contributed by atoms with Crippen LogP contribution in [0.15, 0.2) is 18.2 Å². The summed E-state index contributed by atoms with van der Waals surface area (Å²) < 4.78 is 26.7. The van der Waals surface area contributed by atoms with E-state index < -0.39 is 23.7 Å². The molecule has 1 aromatic rings. The number of nitrogens with two attached hydrogens (primary N) is 1. The first-order chi connectivity index (χ1) is 8.88. The third kappa shape index (κ3) is 4.42. The standard InChI is InChI=1S/C14H20F2N2O.ClH/c1-4-8(2)13(17)14(19)18-9(3)10-6-5-7-11(15)12(10)16;/h5-9,13H,4,17H2,1-3H3,(H,18,19);1H.